The quantitative estimate of drug-likeness (QED) is 0.846. The first-order chi connectivity index (χ1) is 8.65. The molecule has 1 saturated heterocycles. The maximum atomic E-state index is 12.3. The van der Waals surface area contributed by atoms with Gasteiger partial charge in [-0.15, -0.1) is 0 Å². The minimum Gasteiger partial charge on any atom is -0.393 e. The van der Waals surface area contributed by atoms with E-state index in [2.05, 4.69) is 0 Å². The summed E-state index contributed by atoms with van der Waals surface area (Å²) in [6.45, 7) is 1.45. The van der Waals surface area contributed by atoms with Crippen LogP contribution in [-0.2, 0) is 0 Å². The van der Waals surface area contributed by atoms with Gasteiger partial charge in [0.15, 0.2) is 0 Å². The predicted octanol–water partition coefficient (Wildman–Crippen LogP) is 2.18. The van der Waals surface area contributed by atoms with Gasteiger partial charge < -0.3 is 10.0 Å². The zero-order valence-corrected chi connectivity index (χ0v) is 10.8. The molecule has 0 aromatic heterocycles. The molecule has 1 heterocycles. The highest BCUT2D eigenvalue weighted by Gasteiger charge is 2.43. The summed E-state index contributed by atoms with van der Waals surface area (Å²) in [7, 11) is 0. The fourth-order valence-electron chi connectivity index (χ4n) is 3.21. The molecule has 0 spiro atoms. The normalized spacial score (nSPS) is 30.6. The largest absolute Gasteiger partial charge is 0.393 e. The molecule has 0 radical (unpaired) electrons. The van der Waals surface area contributed by atoms with Crippen LogP contribution in [0.2, 0.25) is 5.02 Å². The van der Waals surface area contributed by atoms with Crippen molar-refractivity contribution in [2.45, 2.75) is 18.9 Å². The van der Waals surface area contributed by atoms with Gasteiger partial charge in [0.25, 0.3) is 5.91 Å². The number of fused-ring (bicyclic) bond motifs is 1. The number of benzene rings is 1. The van der Waals surface area contributed by atoms with Gasteiger partial charge in [0, 0.05) is 29.6 Å². The zero-order chi connectivity index (χ0) is 12.7. The number of likely N-dealkylation sites (tertiary alicyclic amines) is 1. The Morgan fingerprint density at radius 1 is 1.33 bits per heavy atom. The third kappa shape index (κ3) is 2.02. The van der Waals surface area contributed by atoms with Gasteiger partial charge in [0.1, 0.15) is 0 Å². The van der Waals surface area contributed by atoms with E-state index < -0.39 is 0 Å². The van der Waals surface area contributed by atoms with Gasteiger partial charge in [-0.2, -0.15) is 0 Å². The standard InChI is InChI=1S/C14H16ClNO2/c15-11-3-1-2-9(6-11)14(18)16-7-10-4-5-13(17)12(10)8-16/h1-3,6,10,12-13,17H,4-5,7-8H2. The molecule has 18 heavy (non-hydrogen) atoms. The van der Waals surface area contributed by atoms with E-state index in [1.165, 1.54) is 0 Å². The summed E-state index contributed by atoms with van der Waals surface area (Å²) in [6.07, 6.45) is 1.69. The zero-order valence-electron chi connectivity index (χ0n) is 10.1. The van der Waals surface area contributed by atoms with E-state index in [0.717, 1.165) is 19.4 Å². The van der Waals surface area contributed by atoms with Crippen molar-refractivity contribution in [1.82, 2.24) is 4.90 Å². The highest BCUT2D eigenvalue weighted by molar-refractivity contribution is 6.30. The summed E-state index contributed by atoms with van der Waals surface area (Å²) < 4.78 is 0. The first-order valence-corrected chi connectivity index (χ1v) is 6.76. The lowest BCUT2D eigenvalue weighted by Gasteiger charge is -2.18. The molecule has 2 aliphatic rings. The number of aliphatic hydroxyl groups excluding tert-OH is 1. The summed E-state index contributed by atoms with van der Waals surface area (Å²) >= 11 is 5.90. The number of amides is 1. The molecular weight excluding hydrogens is 250 g/mol. The van der Waals surface area contributed by atoms with Crippen LogP contribution in [0.5, 0.6) is 0 Å². The predicted molar refractivity (Wildman–Crippen MR) is 69.6 cm³/mol. The van der Waals surface area contributed by atoms with Gasteiger partial charge in [-0.3, -0.25) is 4.79 Å². The summed E-state index contributed by atoms with van der Waals surface area (Å²) in [5, 5.41) is 10.4. The van der Waals surface area contributed by atoms with Gasteiger partial charge >= 0.3 is 0 Å². The second kappa shape index (κ2) is 4.56. The Labute approximate surface area is 111 Å². The second-order valence-corrected chi connectivity index (χ2v) is 5.73. The number of carbonyl (C=O) groups is 1. The first kappa shape index (κ1) is 12.0. The molecule has 3 rings (SSSR count). The molecule has 1 aromatic rings. The molecule has 4 heteroatoms. The lowest BCUT2D eigenvalue weighted by molar-refractivity contribution is 0.0752. The first-order valence-electron chi connectivity index (χ1n) is 6.38. The maximum absolute atomic E-state index is 12.3. The lowest BCUT2D eigenvalue weighted by atomic mass is 10.00. The van der Waals surface area contributed by atoms with Crippen LogP contribution in [-0.4, -0.2) is 35.1 Å². The number of hydrogen-bond donors (Lipinski definition) is 1. The van der Waals surface area contributed by atoms with Gasteiger partial charge in [-0.25, -0.2) is 0 Å². The lowest BCUT2D eigenvalue weighted by Crippen LogP contribution is -2.31. The van der Waals surface area contributed by atoms with Gasteiger partial charge in [-0.1, -0.05) is 17.7 Å². The van der Waals surface area contributed by atoms with Crippen LogP contribution in [0.3, 0.4) is 0 Å². The van der Waals surface area contributed by atoms with Crippen molar-refractivity contribution in [3.63, 3.8) is 0 Å². The summed E-state index contributed by atoms with van der Waals surface area (Å²) in [5.41, 5.74) is 0.636. The van der Waals surface area contributed by atoms with Crippen LogP contribution in [0.25, 0.3) is 0 Å². The Balaban J connectivity index is 1.75. The second-order valence-electron chi connectivity index (χ2n) is 5.29. The Bertz CT molecular complexity index is 477. The molecule has 3 atom stereocenters. The molecule has 1 aliphatic carbocycles. The Hall–Kier alpha value is -1.06. The van der Waals surface area contributed by atoms with Crippen molar-refractivity contribution in [3.05, 3.63) is 34.9 Å². The third-order valence-electron chi connectivity index (χ3n) is 4.18. The molecule has 1 N–H and O–H groups in total. The van der Waals surface area contributed by atoms with Crippen LogP contribution >= 0.6 is 11.6 Å². The Morgan fingerprint density at radius 3 is 2.89 bits per heavy atom. The van der Waals surface area contributed by atoms with E-state index in [9.17, 15) is 9.90 Å². The van der Waals surface area contributed by atoms with Gasteiger partial charge in [-0.05, 0) is 37.0 Å². The van der Waals surface area contributed by atoms with Crippen LogP contribution in [0.4, 0.5) is 0 Å². The highest BCUT2D eigenvalue weighted by Crippen LogP contribution is 2.38. The SMILES string of the molecule is O=C(c1cccc(Cl)c1)N1CC2CCC(O)C2C1. The number of aliphatic hydroxyl groups is 1. The highest BCUT2D eigenvalue weighted by atomic mass is 35.5. The molecule has 96 valence electrons. The Morgan fingerprint density at radius 2 is 2.17 bits per heavy atom. The van der Waals surface area contributed by atoms with Gasteiger partial charge in [0.05, 0.1) is 6.10 Å². The van der Waals surface area contributed by atoms with E-state index >= 15 is 0 Å². The molecule has 2 fully saturated rings. The maximum Gasteiger partial charge on any atom is 0.253 e. The molecule has 3 unspecified atom stereocenters. The minimum absolute atomic E-state index is 0.0269. The molecule has 1 saturated carbocycles. The Kier molecular flexibility index (Phi) is 3.04. The van der Waals surface area contributed by atoms with Crippen molar-refractivity contribution in [2.24, 2.45) is 11.8 Å². The van der Waals surface area contributed by atoms with E-state index in [0.29, 0.717) is 23.0 Å². The van der Waals surface area contributed by atoms with Crippen molar-refractivity contribution >= 4 is 17.5 Å². The smallest absolute Gasteiger partial charge is 0.253 e. The van der Waals surface area contributed by atoms with Crippen LogP contribution in [0.15, 0.2) is 24.3 Å². The molecule has 1 aliphatic heterocycles. The van der Waals surface area contributed by atoms with E-state index in [-0.39, 0.29) is 17.9 Å². The van der Waals surface area contributed by atoms with Crippen LogP contribution < -0.4 is 0 Å². The number of carbonyl (C=O) groups excluding carboxylic acids is 1. The van der Waals surface area contributed by atoms with E-state index in [1.807, 2.05) is 4.90 Å². The molecular formula is C14H16ClNO2. The van der Waals surface area contributed by atoms with Crippen molar-refractivity contribution in [2.75, 3.05) is 13.1 Å². The van der Waals surface area contributed by atoms with Crippen molar-refractivity contribution in [3.8, 4) is 0 Å². The molecule has 0 bridgehead atoms. The number of rotatable bonds is 1. The van der Waals surface area contributed by atoms with Crippen molar-refractivity contribution < 1.29 is 9.90 Å². The summed E-state index contributed by atoms with van der Waals surface area (Å²) in [5.74, 6) is 0.773. The summed E-state index contributed by atoms with van der Waals surface area (Å²) in [4.78, 5) is 14.2. The number of hydrogen-bond acceptors (Lipinski definition) is 2. The molecule has 3 nitrogen and oxygen atoms in total. The van der Waals surface area contributed by atoms with E-state index in [4.69, 9.17) is 11.6 Å². The molecule has 1 aromatic carbocycles. The average Bonchev–Trinajstić information content (AvgIpc) is 2.91. The topological polar surface area (TPSA) is 40.5 Å². The van der Waals surface area contributed by atoms with Gasteiger partial charge in [0.2, 0.25) is 0 Å². The average molecular weight is 266 g/mol. The molecule has 1 amide bonds. The van der Waals surface area contributed by atoms with E-state index in [1.54, 1.807) is 24.3 Å². The minimum atomic E-state index is -0.229. The fraction of sp³-hybridized carbons (Fsp3) is 0.500. The monoisotopic (exact) mass is 265 g/mol. The summed E-state index contributed by atoms with van der Waals surface area (Å²) in [6, 6.07) is 7.05. The van der Waals surface area contributed by atoms with Crippen LogP contribution in [0.1, 0.15) is 23.2 Å². The number of halogens is 1. The van der Waals surface area contributed by atoms with Crippen molar-refractivity contribution in [1.29, 1.82) is 0 Å². The fourth-order valence-corrected chi connectivity index (χ4v) is 3.40. The third-order valence-corrected chi connectivity index (χ3v) is 4.41. The van der Waals surface area contributed by atoms with Crippen LogP contribution in [0, 0.1) is 11.8 Å². The number of nitrogens with zero attached hydrogens (tertiary/aromatic N) is 1.